The lowest BCUT2D eigenvalue weighted by molar-refractivity contribution is -0.117. The summed E-state index contributed by atoms with van der Waals surface area (Å²) in [7, 11) is 0. The Hall–Kier alpha value is -0.900. The summed E-state index contributed by atoms with van der Waals surface area (Å²) in [5.41, 5.74) is 1.24. The van der Waals surface area contributed by atoms with E-state index in [1.165, 1.54) is 6.07 Å². The van der Waals surface area contributed by atoms with Crippen LogP contribution in [-0.4, -0.2) is 5.91 Å². The molecule has 0 unspecified atom stereocenters. The highest BCUT2D eigenvalue weighted by Crippen LogP contribution is 2.39. The van der Waals surface area contributed by atoms with Crippen LogP contribution in [0.25, 0.3) is 0 Å². The van der Waals surface area contributed by atoms with Crippen molar-refractivity contribution >= 4 is 27.5 Å². The SMILES string of the molecule is CC1(C)CC(=O)Nc2cc(Br)c(F)cc21. The van der Waals surface area contributed by atoms with Gasteiger partial charge >= 0.3 is 0 Å². The third-order valence-electron chi connectivity index (χ3n) is 2.67. The Bertz CT molecular complexity index is 442. The molecule has 0 saturated carbocycles. The van der Waals surface area contributed by atoms with E-state index < -0.39 is 0 Å². The van der Waals surface area contributed by atoms with Gasteiger partial charge in [-0.3, -0.25) is 4.79 Å². The van der Waals surface area contributed by atoms with E-state index in [0.29, 0.717) is 16.6 Å². The standard InChI is InChI=1S/C11H11BrFNO/c1-11(2)5-10(15)14-9-4-7(12)8(13)3-6(9)11/h3-4H,5H2,1-2H3,(H,14,15). The van der Waals surface area contributed by atoms with Crippen molar-refractivity contribution in [3.8, 4) is 0 Å². The van der Waals surface area contributed by atoms with Crippen LogP contribution in [0.5, 0.6) is 0 Å². The predicted octanol–water partition coefficient (Wildman–Crippen LogP) is 3.21. The van der Waals surface area contributed by atoms with Gasteiger partial charge in [-0.25, -0.2) is 4.39 Å². The zero-order valence-electron chi connectivity index (χ0n) is 8.53. The summed E-state index contributed by atoms with van der Waals surface area (Å²) < 4.78 is 13.8. The number of hydrogen-bond acceptors (Lipinski definition) is 1. The minimum absolute atomic E-state index is 0.0222. The highest BCUT2D eigenvalue weighted by atomic mass is 79.9. The molecule has 1 aromatic carbocycles. The number of benzene rings is 1. The molecule has 0 fully saturated rings. The number of carbonyl (C=O) groups excluding carboxylic acids is 1. The van der Waals surface area contributed by atoms with Gasteiger partial charge in [0.05, 0.1) is 4.47 Å². The monoisotopic (exact) mass is 271 g/mol. The van der Waals surface area contributed by atoms with Crippen molar-refractivity contribution in [2.45, 2.75) is 25.7 Å². The lowest BCUT2D eigenvalue weighted by Crippen LogP contribution is -2.32. The van der Waals surface area contributed by atoms with Crippen LogP contribution in [0.2, 0.25) is 0 Å². The first-order valence-electron chi connectivity index (χ1n) is 4.69. The first-order valence-corrected chi connectivity index (χ1v) is 5.49. The highest BCUT2D eigenvalue weighted by Gasteiger charge is 2.32. The minimum atomic E-state index is -0.306. The first-order chi connectivity index (χ1) is 6.90. The van der Waals surface area contributed by atoms with Crippen molar-refractivity contribution in [1.29, 1.82) is 0 Å². The molecule has 4 heteroatoms. The number of rotatable bonds is 0. The Kier molecular flexibility index (Phi) is 2.34. The average molecular weight is 272 g/mol. The van der Waals surface area contributed by atoms with Gasteiger partial charge in [-0.2, -0.15) is 0 Å². The van der Waals surface area contributed by atoms with E-state index in [2.05, 4.69) is 21.2 Å². The quantitative estimate of drug-likeness (QED) is 0.772. The Morgan fingerprint density at radius 1 is 1.47 bits per heavy atom. The highest BCUT2D eigenvalue weighted by molar-refractivity contribution is 9.10. The molecule has 1 aromatic rings. The summed E-state index contributed by atoms with van der Waals surface area (Å²) in [6.45, 7) is 3.88. The van der Waals surface area contributed by atoms with E-state index in [1.807, 2.05) is 13.8 Å². The topological polar surface area (TPSA) is 29.1 Å². The van der Waals surface area contributed by atoms with Crippen LogP contribution in [0.4, 0.5) is 10.1 Å². The molecule has 1 aliphatic heterocycles. The summed E-state index contributed by atoms with van der Waals surface area (Å²) in [6.07, 6.45) is 0.390. The van der Waals surface area contributed by atoms with Crippen molar-refractivity contribution in [2.24, 2.45) is 0 Å². The van der Waals surface area contributed by atoms with Crippen LogP contribution < -0.4 is 5.32 Å². The molecule has 0 spiro atoms. The van der Waals surface area contributed by atoms with Crippen molar-refractivity contribution in [1.82, 2.24) is 0 Å². The molecule has 0 aliphatic carbocycles. The van der Waals surface area contributed by atoms with E-state index in [1.54, 1.807) is 6.07 Å². The number of halogens is 2. The fourth-order valence-corrected chi connectivity index (χ4v) is 2.24. The van der Waals surface area contributed by atoms with Crippen molar-refractivity contribution in [2.75, 3.05) is 5.32 Å². The summed E-state index contributed by atoms with van der Waals surface area (Å²) in [5, 5.41) is 2.75. The Morgan fingerprint density at radius 3 is 2.80 bits per heavy atom. The van der Waals surface area contributed by atoms with Crippen LogP contribution in [0.3, 0.4) is 0 Å². The molecule has 0 saturated heterocycles. The molecule has 1 amide bonds. The van der Waals surface area contributed by atoms with E-state index in [0.717, 1.165) is 5.56 Å². The fraction of sp³-hybridized carbons (Fsp3) is 0.364. The second-order valence-corrected chi connectivity index (χ2v) is 5.28. The molecule has 1 aliphatic rings. The second kappa shape index (κ2) is 3.30. The number of fused-ring (bicyclic) bond motifs is 1. The second-order valence-electron chi connectivity index (χ2n) is 4.42. The molecule has 1 N–H and O–H groups in total. The molecule has 0 radical (unpaired) electrons. The van der Waals surface area contributed by atoms with Crippen molar-refractivity contribution in [3.05, 3.63) is 28.0 Å². The largest absolute Gasteiger partial charge is 0.326 e. The van der Waals surface area contributed by atoms with Crippen LogP contribution in [0, 0.1) is 5.82 Å². The van der Waals surface area contributed by atoms with Gasteiger partial charge in [0.2, 0.25) is 5.91 Å². The molecular formula is C11H11BrFNO. The molecular weight excluding hydrogens is 261 g/mol. The molecule has 0 bridgehead atoms. The minimum Gasteiger partial charge on any atom is -0.326 e. The maximum atomic E-state index is 13.4. The molecule has 0 atom stereocenters. The van der Waals surface area contributed by atoms with Crippen LogP contribution in [0.1, 0.15) is 25.8 Å². The molecule has 80 valence electrons. The average Bonchev–Trinajstić information content (AvgIpc) is 2.07. The number of carbonyl (C=O) groups is 1. The van der Waals surface area contributed by atoms with E-state index in [-0.39, 0.29) is 17.1 Å². The number of hydrogen-bond donors (Lipinski definition) is 1. The summed E-state index contributed by atoms with van der Waals surface area (Å²) in [6, 6.07) is 3.10. The zero-order chi connectivity index (χ0) is 11.2. The summed E-state index contributed by atoms with van der Waals surface area (Å²) >= 11 is 3.11. The van der Waals surface area contributed by atoms with E-state index in [9.17, 15) is 9.18 Å². The molecule has 1 heterocycles. The molecule has 2 rings (SSSR count). The zero-order valence-corrected chi connectivity index (χ0v) is 10.1. The van der Waals surface area contributed by atoms with E-state index >= 15 is 0 Å². The lowest BCUT2D eigenvalue weighted by atomic mass is 9.78. The third-order valence-corrected chi connectivity index (χ3v) is 3.27. The smallest absolute Gasteiger partial charge is 0.225 e. The third kappa shape index (κ3) is 1.78. The maximum Gasteiger partial charge on any atom is 0.225 e. The van der Waals surface area contributed by atoms with Crippen molar-refractivity contribution < 1.29 is 9.18 Å². The van der Waals surface area contributed by atoms with Gasteiger partial charge in [-0.1, -0.05) is 13.8 Å². The van der Waals surface area contributed by atoms with Gasteiger partial charge in [0, 0.05) is 17.5 Å². The van der Waals surface area contributed by atoms with E-state index in [4.69, 9.17) is 0 Å². The Morgan fingerprint density at radius 2 is 2.13 bits per heavy atom. The van der Waals surface area contributed by atoms with Crippen LogP contribution in [0.15, 0.2) is 16.6 Å². The van der Waals surface area contributed by atoms with Gasteiger partial charge in [0.25, 0.3) is 0 Å². The van der Waals surface area contributed by atoms with Gasteiger partial charge in [0.1, 0.15) is 5.82 Å². The first kappa shape index (κ1) is 10.6. The normalized spacial score (nSPS) is 18.3. The lowest BCUT2D eigenvalue weighted by Gasteiger charge is -2.32. The predicted molar refractivity (Wildman–Crippen MR) is 60.4 cm³/mol. The maximum absolute atomic E-state index is 13.4. The van der Waals surface area contributed by atoms with Gasteiger partial charge in [-0.15, -0.1) is 0 Å². The van der Waals surface area contributed by atoms with Crippen LogP contribution in [-0.2, 0) is 10.2 Å². The fourth-order valence-electron chi connectivity index (χ4n) is 1.90. The van der Waals surface area contributed by atoms with Crippen LogP contribution >= 0.6 is 15.9 Å². The molecule has 15 heavy (non-hydrogen) atoms. The Balaban J connectivity index is 2.62. The number of anilines is 1. The van der Waals surface area contributed by atoms with Crippen molar-refractivity contribution in [3.63, 3.8) is 0 Å². The van der Waals surface area contributed by atoms with Gasteiger partial charge in [-0.05, 0) is 33.6 Å². The molecule has 2 nitrogen and oxygen atoms in total. The Labute approximate surface area is 96.0 Å². The summed E-state index contributed by atoms with van der Waals surface area (Å²) in [4.78, 5) is 11.4. The summed E-state index contributed by atoms with van der Waals surface area (Å²) in [5.74, 6) is -0.316. The number of amides is 1. The molecule has 0 aromatic heterocycles. The number of nitrogens with one attached hydrogen (secondary N) is 1. The van der Waals surface area contributed by atoms with Gasteiger partial charge < -0.3 is 5.32 Å². The van der Waals surface area contributed by atoms with Gasteiger partial charge in [0.15, 0.2) is 0 Å².